The average molecular weight is 391 g/mol. The number of benzene rings is 2. The zero-order chi connectivity index (χ0) is 15.6. The molecule has 0 radical (unpaired) electrons. The molecule has 4 nitrogen and oxygen atoms in total. The van der Waals surface area contributed by atoms with E-state index in [0.717, 1.165) is 0 Å². The lowest BCUT2D eigenvalue weighted by Crippen LogP contribution is -2.13. The normalized spacial score (nSPS) is 13.0. The summed E-state index contributed by atoms with van der Waals surface area (Å²) in [6.45, 7) is 1.58. The Labute approximate surface area is 136 Å². The SMILES string of the molecule is CC(O)c1cccc(S(=O)(=O)Nc2cccc(Cl)c2Br)c1. The minimum Gasteiger partial charge on any atom is -0.389 e. The second-order valence-corrected chi connectivity index (χ2v) is 7.34. The molecule has 1 unspecified atom stereocenters. The summed E-state index contributed by atoms with van der Waals surface area (Å²) in [6.07, 6.45) is -0.738. The molecule has 0 heterocycles. The lowest BCUT2D eigenvalue weighted by Gasteiger charge is -2.12. The van der Waals surface area contributed by atoms with Crippen LogP contribution in [-0.2, 0) is 10.0 Å². The molecule has 0 aliphatic carbocycles. The number of aliphatic hydroxyl groups is 1. The van der Waals surface area contributed by atoms with E-state index in [1.807, 2.05) is 0 Å². The minimum atomic E-state index is -3.76. The lowest BCUT2D eigenvalue weighted by molar-refractivity contribution is 0.199. The highest BCUT2D eigenvalue weighted by Gasteiger charge is 2.17. The number of hydrogen-bond donors (Lipinski definition) is 2. The summed E-state index contributed by atoms with van der Waals surface area (Å²) in [5, 5.41) is 9.95. The van der Waals surface area contributed by atoms with Crippen molar-refractivity contribution in [3.63, 3.8) is 0 Å². The summed E-state index contributed by atoms with van der Waals surface area (Å²) in [4.78, 5) is 0.0766. The van der Waals surface area contributed by atoms with Gasteiger partial charge in [0.05, 0.1) is 26.2 Å². The fourth-order valence-corrected chi connectivity index (χ4v) is 3.52. The maximum Gasteiger partial charge on any atom is 0.261 e. The van der Waals surface area contributed by atoms with Gasteiger partial charge in [-0.15, -0.1) is 0 Å². The second-order valence-electron chi connectivity index (χ2n) is 4.46. The first-order chi connectivity index (χ1) is 9.81. The van der Waals surface area contributed by atoms with Crippen molar-refractivity contribution in [1.82, 2.24) is 0 Å². The molecule has 112 valence electrons. The van der Waals surface area contributed by atoms with Gasteiger partial charge < -0.3 is 5.11 Å². The van der Waals surface area contributed by atoms with E-state index in [1.165, 1.54) is 12.1 Å². The molecule has 0 saturated carbocycles. The third-order valence-corrected chi connectivity index (χ3v) is 5.61. The first-order valence-electron chi connectivity index (χ1n) is 6.06. The van der Waals surface area contributed by atoms with Gasteiger partial charge in [0.1, 0.15) is 0 Å². The molecule has 0 aliphatic rings. The number of rotatable bonds is 4. The third kappa shape index (κ3) is 3.77. The van der Waals surface area contributed by atoms with E-state index >= 15 is 0 Å². The van der Waals surface area contributed by atoms with E-state index in [-0.39, 0.29) is 4.90 Å². The van der Waals surface area contributed by atoms with Crippen molar-refractivity contribution in [2.45, 2.75) is 17.9 Å². The van der Waals surface area contributed by atoms with Crippen molar-refractivity contribution in [2.24, 2.45) is 0 Å². The molecule has 0 fully saturated rings. The predicted octanol–water partition coefficient (Wildman–Crippen LogP) is 3.96. The summed E-state index contributed by atoms with van der Waals surface area (Å²) >= 11 is 9.18. The van der Waals surface area contributed by atoms with E-state index in [4.69, 9.17) is 11.6 Å². The van der Waals surface area contributed by atoms with Gasteiger partial charge in [0.15, 0.2) is 0 Å². The van der Waals surface area contributed by atoms with Crippen molar-refractivity contribution in [2.75, 3.05) is 4.72 Å². The second kappa shape index (κ2) is 6.36. The topological polar surface area (TPSA) is 66.4 Å². The van der Waals surface area contributed by atoms with Crippen LogP contribution in [0.5, 0.6) is 0 Å². The number of nitrogens with one attached hydrogen (secondary N) is 1. The molecule has 2 N–H and O–H groups in total. The summed E-state index contributed by atoms with van der Waals surface area (Å²) in [7, 11) is -3.76. The molecule has 0 amide bonds. The van der Waals surface area contributed by atoms with Crippen LogP contribution < -0.4 is 4.72 Å². The lowest BCUT2D eigenvalue weighted by atomic mass is 10.1. The Bertz CT molecular complexity index is 763. The largest absolute Gasteiger partial charge is 0.389 e. The standard InChI is InChI=1S/C14H13BrClNO3S/c1-9(18)10-4-2-5-11(8-10)21(19,20)17-13-7-3-6-12(16)14(13)15/h2-9,17-18H,1H3. The van der Waals surface area contributed by atoms with E-state index in [9.17, 15) is 13.5 Å². The molecule has 1 atom stereocenters. The number of hydrogen-bond acceptors (Lipinski definition) is 3. The Kier molecular flexibility index (Phi) is 4.93. The molecule has 2 rings (SSSR count). The molecule has 2 aromatic carbocycles. The molecule has 0 spiro atoms. The molecule has 0 saturated heterocycles. The first-order valence-corrected chi connectivity index (χ1v) is 8.71. The van der Waals surface area contributed by atoms with E-state index < -0.39 is 16.1 Å². The molecule has 0 aromatic heterocycles. The van der Waals surface area contributed by atoms with Gasteiger partial charge in [-0.1, -0.05) is 29.8 Å². The zero-order valence-electron chi connectivity index (χ0n) is 11.0. The number of aliphatic hydroxyl groups excluding tert-OH is 1. The van der Waals surface area contributed by atoms with Gasteiger partial charge in [-0.3, -0.25) is 4.72 Å². The highest BCUT2D eigenvalue weighted by atomic mass is 79.9. The number of anilines is 1. The predicted molar refractivity (Wildman–Crippen MR) is 87.0 cm³/mol. The van der Waals surface area contributed by atoms with Crippen LogP contribution in [0.25, 0.3) is 0 Å². The van der Waals surface area contributed by atoms with Crippen molar-refractivity contribution in [3.8, 4) is 0 Å². The smallest absolute Gasteiger partial charge is 0.261 e. The average Bonchev–Trinajstić information content (AvgIpc) is 2.44. The van der Waals surface area contributed by atoms with Crippen LogP contribution >= 0.6 is 27.5 Å². The molecule has 2 aromatic rings. The Morgan fingerprint density at radius 2 is 1.90 bits per heavy atom. The van der Waals surface area contributed by atoms with Gasteiger partial charge in [-0.25, -0.2) is 8.42 Å². The Morgan fingerprint density at radius 1 is 1.24 bits per heavy atom. The summed E-state index contributed by atoms with van der Waals surface area (Å²) in [5.41, 5.74) is 0.882. The van der Waals surface area contributed by atoms with E-state index in [2.05, 4.69) is 20.7 Å². The molecule has 7 heteroatoms. The van der Waals surface area contributed by atoms with Gasteiger partial charge >= 0.3 is 0 Å². The van der Waals surface area contributed by atoms with E-state index in [0.29, 0.717) is 20.7 Å². The maximum atomic E-state index is 12.4. The minimum absolute atomic E-state index is 0.0766. The molecule has 0 aliphatic heterocycles. The number of halogens is 2. The van der Waals surface area contributed by atoms with Crippen molar-refractivity contribution in [1.29, 1.82) is 0 Å². The molecular weight excluding hydrogens is 378 g/mol. The fourth-order valence-electron chi connectivity index (χ4n) is 1.73. The highest BCUT2D eigenvalue weighted by Crippen LogP contribution is 2.31. The van der Waals surface area contributed by atoms with Gasteiger partial charge in [-0.05, 0) is 52.7 Å². The Morgan fingerprint density at radius 3 is 2.57 bits per heavy atom. The van der Waals surface area contributed by atoms with Crippen LogP contribution in [0.3, 0.4) is 0 Å². The van der Waals surface area contributed by atoms with Crippen LogP contribution in [0.15, 0.2) is 51.8 Å². The van der Waals surface area contributed by atoms with Gasteiger partial charge in [-0.2, -0.15) is 0 Å². The molecule has 21 heavy (non-hydrogen) atoms. The maximum absolute atomic E-state index is 12.4. The Hall–Kier alpha value is -1.08. The summed E-state index contributed by atoms with van der Waals surface area (Å²) in [6, 6.07) is 11.1. The van der Waals surface area contributed by atoms with Crippen molar-refractivity contribution >= 4 is 43.2 Å². The van der Waals surface area contributed by atoms with Crippen molar-refractivity contribution < 1.29 is 13.5 Å². The van der Waals surface area contributed by atoms with E-state index in [1.54, 1.807) is 37.3 Å². The van der Waals surface area contributed by atoms with Crippen LogP contribution in [-0.4, -0.2) is 13.5 Å². The third-order valence-electron chi connectivity index (χ3n) is 2.85. The number of sulfonamides is 1. The zero-order valence-corrected chi connectivity index (χ0v) is 14.2. The van der Waals surface area contributed by atoms with Crippen LogP contribution in [0.4, 0.5) is 5.69 Å². The summed E-state index contributed by atoms with van der Waals surface area (Å²) in [5.74, 6) is 0. The van der Waals surface area contributed by atoms with Crippen LogP contribution in [0.1, 0.15) is 18.6 Å². The quantitative estimate of drug-likeness (QED) is 0.830. The van der Waals surface area contributed by atoms with Crippen LogP contribution in [0, 0.1) is 0 Å². The monoisotopic (exact) mass is 389 g/mol. The fraction of sp³-hybridized carbons (Fsp3) is 0.143. The molecular formula is C14H13BrClNO3S. The molecule has 0 bridgehead atoms. The Balaban J connectivity index is 2.39. The van der Waals surface area contributed by atoms with Crippen molar-refractivity contribution in [3.05, 3.63) is 57.5 Å². The van der Waals surface area contributed by atoms with Gasteiger partial charge in [0.2, 0.25) is 0 Å². The van der Waals surface area contributed by atoms with Gasteiger partial charge in [0.25, 0.3) is 10.0 Å². The highest BCUT2D eigenvalue weighted by molar-refractivity contribution is 9.10. The summed E-state index contributed by atoms with van der Waals surface area (Å²) < 4.78 is 27.7. The van der Waals surface area contributed by atoms with Crippen LogP contribution in [0.2, 0.25) is 5.02 Å². The van der Waals surface area contributed by atoms with Gasteiger partial charge in [0, 0.05) is 0 Å². The first kappa shape index (κ1) is 16.3.